The fraction of sp³-hybridized carbons (Fsp3) is 1.00. The van der Waals surface area contributed by atoms with Gasteiger partial charge in [-0.1, -0.05) is 25.7 Å². The van der Waals surface area contributed by atoms with Crippen molar-refractivity contribution in [2.24, 2.45) is 11.3 Å². The summed E-state index contributed by atoms with van der Waals surface area (Å²) < 4.78 is 0. The highest BCUT2D eigenvalue weighted by molar-refractivity contribution is 7.80. The van der Waals surface area contributed by atoms with Crippen molar-refractivity contribution < 1.29 is 0 Å². The summed E-state index contributed by atoms with van der Waals surface area (Å²) in [7, 11) is 2.33. The maximum atomic E-state index is 4.68. The molecule has 0 aromatic heterocycles. The summed E-state index contributed by atoms with van der Waals surface area (Å²) in [4.78, 5) is 2.62. The molecule has 0 radical (unpaired) electrons. The molecule has 0 N–H and O–H groups in total. The Morgan fingerprint density at radius 2 is 1.76 bits per heavy atom. The molecule has 1 atom stereocenters. The maximum Gasteiger partial charge on any atom is 0.00923 e. The fourth-order valence-electron chi connectivity index (χ4n) is 3.46. The predicted octanol–water partition coefficient (Wildman–Crippen LogP) is 3.99. The highest BCUT2D eigenvalue weighted by Gasteiger charge is 2.35. The van der Waals surface area contributed by atoms with E-state index in [2.05, 4.69) is 31.5 Å². The van der Waals surface area contributed by atoms with Gasteiger partial charge in [0.2, 0.25) is 0 Å². The zero-order valence-electron chi connectivity index (χ0n) is 11.6. The van der Waals surface area contributed by atoms with E-state index >= 15 is 0 Å². The van der Waals surface area contributed by atoms with Gasteiger partial charge in [-0.3, -0.25) is 0 Å². The second-order valence-corrected chi connectivity index (χ2v) is 6.88. The van der Waals surface area contributed by atoms with E-state index in [-0.39, 0.29) is 0 Å². The van der Waals surface area contributed by atoms with Crippen molar-refractivity contribution in [1.82, 2.24) is 4.90 Å². The van der Waals surface area contributed by atoms with Crippen LogP contribution in [0.4, 0.5) is 0 Å². The second-order valence-electron chi connectivity index (χ2n) is 6.57. The van der Waals surface area contributed by atoms with Gasteiger partial charge in [-0.2, -0.15) is 12.6 Å². The van der Waals surface area contributed by atoms with E-state index in [9.17, 15) is 0 Å². The van der Waals surface area contributed by atoms with Gasteiger partial charge >= 0.3 is 0 Å². The Kier molecular flexibility index (Phi) is 4.82. The second kappa shape index (κ2) is 5.97. The van der Waals surface area contributed by atoms with Crippen LogP contribution < -0.4 is 0 Å². The minimum atomic E-state index is 0.511. The van der Waals surface area contributed by atoms with E-state index in [0.717, 1.165) is 17.7 Å². The number of hydrogen-bond acceptors (Lipinski definition) is 2. The Morgan fingerprint density at radius 1 is 1.18 bits per heavy atom. The summed E-state index contributed by atoms with van der Waals surface area (Å²) in [6.45, 7) is 3.69. The Hall–Kier alpha value is 0.310. The molecule has 0 amide bonds. The van der Waals surface area contributed by atoms with E-state index in [1.54, 1.807) is 0 Å². The van der Waals surface area contributed by atoms with Gasteiger partial charge in [0, 0.05) is 12.6 Å². The van der Waals surface area contributed by atoms with Gasteiger partial charge in [-0.05, 0) is 56.7 Å². The average Bonchev–Trinajstić information content (AvgIpc) is 3.16. The molecule has 2 fully saturated rings. The topological polar surface area (TPSA) is 3.24 Å². The molecule has 0 saturated heterocycles. The van der Waals surface area contributed by atoms with Crippen LogP contribution in [0.15, 0.2) is 0 Å². The summed E-state index contributed by atoms with van der Waals surface area (Å²) in [5.74, 6) is 2.07. The number of nitrogens with zero attached hydrogens (tertiary/aromatic N) is 1. The highest BCUT2D eigenvalue weighted by atomic mass is 32.1. The molecule has 100 valence electrons. The Labute approximate surface area is 113 Å². The molecule has 1 nitrogen and oxygen atoms in total. The first-order chi connectivity index (χ1) is 8.17. The van der Waals surface area contributed by atoms with Crippen molar-refractivity contribution in [3.63, 3.8) is 0 Å². The maximum absolute atomic E-state index is 4.68. The number of rotatable bonds is 5. The van der Waals surface area contributed by atoms with E-state index < -0.39 is 0 Å². The molecular weight excluding hydrogens is 226 g/mol. The molecule has 0 heterocycles. The standard InChI is InChI=1S/C15H29NS/c1-13(14-7-8-14)16(2)11-15(12-17)9-5-3-4-6-10-15/h13-14,17H,3-12H2,1-2H3. The summed E-state index contributed by atoms with van der Waals surface area (Å²) in [6, 6.07) is 0.787. The lowest BCUT2D eigenvalue weighted by Crippen LogP contribution is -2.42. The third kappa shape index (κ3) is 3.64. The fourth-order valence-corrected chi connectivity index (χ4v) is 3.87. The molecule has 0 spiro atoms. The monoisotopic (exact) mass is 255 g/mol. The lowest BCUT2D eigenvalue weighted by atomic mass is 9.81. The molecule has 0 bridgehead atoms. The smallest absolute Gasteiger partial charge is 0.00923 e. The first kappa shape index (κ1) is 13.7. The lowest BCUT2D eigenvalue weighted by molar-refractivity contribution is 0.133. The molecule has 17 heavy (non-hydrogen) atoms. The van der Waals surface area contributed by atoms with E-state index in [1.807, 2.05) is 0 Å². The molecule has 2 heteroatoms. The SMILES string of the molecule is CC(C1CC1)N(C)CC1(CS)CCCCCC1. The molecule has 0 aromatic rings. The molecule has 0 aromatic carbocycles. The van der Waals surface area contributed by atoms with Crippen LogP contribution in [-0.4, -0.2) is 30.3 Å². The molecule has 2 rings (SSSR count). The van der Waals surface area contributed by atoms with Crippen molar-refractivity contribution in [1.29, 1.82) is 0 Å². The first-order valence-electron chi connectivity index (χ1n) is 7.48. The molecule has 1 unspecified atom stereocenters. The third-order valence-electron chi connectivity index (χ3n) is 5.08. The first-order valence-corrected chi connectivity index (χ1v) is 8.11. The Morgan fingerprint density at radius 3 is 2.24 bits per heavy atom. The van der Waals surface area contributed by atoms with Crippen LogP contribution >= 0.6 is 12.6 Å². The Bertz CT molecular complexity index is 229. The van der Waals surface area contributed by atoms with E-state index in [4.69, 9.17) is 0 Å². The third-order valence-corrected chi connectivity index (χ3v) is 5.75. The largest absolute Gasteiger partial charge is 0.303 e. The lowest BCUT2D eigenvalue weighted by Gasteiger charge is -2.38. The van der Waals surface area contributed by atoms with Crippen LogP contribution in [0.1, 0.15) is 58.3 Å². The minimum Gasteiger partial charge on any atom is -0.303 e. The van der Waals surface area contributed by atoms with Crippen LogP contribution in [-0.2, 0) is 0 Å². The molecule has 2 aliphatic carbocycles. The predicted molar refractivity (Wildman–Crippen MR) is 78.8 cm³/mol. The van der Waals surface area contributed by atoms with Crippen molar-refractivity contribution in [2.45, 2.75) is 64.3 Å². The van der Waals surface area contributed by atoms with Gasteiger partial charge in [-0.15, -0.1) is 0 Å². The average molecular weight is 255 g/mol. The highest BCUT2D eigenvalue weighted by Crippen LogP contribution is 2.39. The van der Waals surface area contributed by atoms with Gasteiger partial charge in [0.1, 0.15) is 0 Å². The van der Waals surface area contributed by atoms with Crippen LogP contribution in [0.5, 0.6) is 0 Å². The molecule has 0 aliphatic heterocycles. The van der Waals surface area contributed by atoms with Gasteiger partial charge in [0.15, 0.2) is 0 Å². The van der Waals surface area contributed by atoms with Crippen molar-refractivity contribution in [3.8, 4) is 0 Å². The normalized spacial score (nSPS) is 26.8. The molecular formula is C15H29NS. The van der Waals surface area contributed by atoms with Crippen LogP contribution in [0.2, 0.25) is 0 Å². The van der Waals surface area contributed by atoms with Crippen LogP contribution in [0.3, 0.4) is 0 Å². The quantitative estimate of drug-likeness (QED) is 0.574. The summed E-state index contributed by atoms with van der Waals surface area (Å²) in [5.41, 5.74) is 0.511. The zero-order chi connectivity index (χ0) is 12.3. The zero-order valence-corrected chi connectivity index (χ0v) is 12.5. The van der Waals surface area contributed by atoms with Gasteiger partial charge in [0.25, 0.3) is 0 Å². The van der Waals surface area contributed by atoms with E-state index in [0.29, 0.717) is 5.41 Å². The van der Waals surface area contributed by atoms with Crippen molar-refractivity contribution >= 4 is 12.6 Å². The summed E-state index contributed by atoms with van der Waals surface area (Å²) >= 11 is 4.68. The van der Waals surface area contributed by atoms with Gasteiger partial charge in [-0.25, -0.2) is 0 Å². The molecule has 2 aliphatic rings. The number of hydrogen-bond donors (Lipinski definition) is 1. The van der Waals surface area contributed by atoms with Crippen LogP contribution in [0.25, 0.3) is 0 Å². The summed E-state index contributed by atoms with van der Waals surface area (Å²) in [5, 5.41) is 0. The van der Waals surface area contributed by atoms with Gasteiger partial charge < -0.3 is 4.90 Å². The van der Waals surface area contributed by atoms with Crippen LogP contribution in [0, 0.1) is 11.3 Å². The molecule has 2 saturated carbocycles. The van der Waals surface area contributed by atoms with Crippen molar-refractivity contribution in [3.05, 3.63) is 0 Å². The van der Waals surface area contributed by atoms with E-state index in [1.165, 1.54) is 57.9 Å². The Balaban J connectivity index is 1.91. The summed E-state index contributed by atoms with van der Waals surface area (Å²) in [6.07, 6.45) is 11.4. The minimum absolute atomic E-state index is 0.511. The van der Waals surface area contributed by atoms with Crippen molar-refractivity contribution in [2.75, 3.05) is 19.3 Å². The number of thiol groups is 1. The van der Waals surface area contributed by atoms with Gasteiger partial charge in [0.05, 0.1) is 0 Å².